The molecule has 0 radical (unpaired) electrons. The maximum atomic E-state index is 12.0. The largest absolute Gasteiger partial charge is 0.349 e. The second-order valence-electron chi connectivity index (χ2n) is 6.61. The van der Waals surface area contributed by atoms with Crippen molar-refractivity contribution in [2.75, 3.05) is 26.2 Å². The summed E-state index contributed by atoms with van der Waals surface area (Å²) in [4.78, 5) is 12.0. The zero-order valence-corrected chi connectivity index (χ0v) is 13.3. The van der Waals surface area contributed by atoms with E-state index in [2.05, 4.69) is 41.8 Å². The van der Waals surface area contributed by atoms with Crippen molar-refractivity contribution < 1.29 is 4.79 Å². The Morgan fingerprint density at radius 1 is 1.48 bits per heavy atom. The summed E-state index contributed by atoms with van der Waals surface area (Å²) in [5, 5.41) is 14.0. The van der Waals surface area contributed by atoms with Crippen LogP contribution in [0.1, 0.15) is 50.1 Å². The Balaban J connectivity index is 1.79. The summed E-state index contributed by atoms with van der Waals surface area (Å²) in [5.74, 6) is -0.103. The molecule has 1 amide bonds. The van der Waals surface area contributed by atoms with E-state index in [0.717, 1.165) is 32.5 Å². The predicted molar refractivity (Wildman–Crippen MR) is 83.5 cm³/mol. The molecule has 0 aromatic carbocycles. The number of carbonyl (C=O) groups excluding carboxylic acids is 1. The number of nitrogens with zero attached hydrogens (tertiary/aromatic N) is 2. The number of piperidine rings is 1. The molecular weight excluding hydrogens is 266 g/mol. The van der Waals surface area contributed by atoms with Gasteiger partial charge in [0.2, 0.25) is 0 Å². The molecule has 1 aliphatic heterocycles. The van der Waals surface area contributed by atoms with E-state index in [1.54, 1.807) is 6.07 Å². The molecule has 0 saturated carbocycles. The molecule has 1 aromatic heterocycles. The SMILES string of the molecule is CC(C)(C)NCCNC(=O)c1ccn(C2CCCNC2)n1. The molecule has 1 atom stereocenters. The molecule has 6 nitrogen and oxygen atoms in total. The van der Waals surface area contributed by atoms with E-state index >= 15 is 0 Å². The summed E-state index contributed by atoms with van der Waals surface area (Å²) in [7, 11) is 0. The second kappa shape index (κ2) is 7.04. The van der Waals surface area contributed by atoms with Crippen LogP contribution in [0.15, 0.2) is 12.3 Å². The summed E-state index contributed by atoms with van der Waals surface area (Å²) < 4.78 is 1.91. The summed E-state index contributed by atoms with van der Waals surface area (Å²) in [5.41, 5.74) is 0.566. The van der Waals surface area contributed by atoms with Crippen LogP contribution >= 0.6 is 0 Å². The third kappa shape index (κ3) is 5.13. The number of amides is 1. The molecule has 2 rings (SSSR count). The molecule has 1 fully saturated rings. The van der Waals surface area contributed by atoms with E-state index in [1.165, 1.54) is 0 Å². The van der Waals surface area contributed by atoms with Crippen LogP contribution in [0.5, 0.6) is 0 Å². The average Bonchev–Trinajstić information content (AvgIpc) is 2.93. The van der Waals surface area contributed by atoms with Crippen molar-refractivity contribution in [3.63, 3.8) is 0 Å². The topological polar surface area (TPSA) is 71.0 Å². The van der Waals surface area contributed by atoms with Crippen molar-refractivity contribution in [1.29, 1.82) is 0 Å². The summed E-state index contributed by atoms with van der Waals surface area (Å²) in [6.45, 7) is 9.68. The lowest BCUT2D eigenvalue weighted by Crippen LogP contribution is -2.41. The number of nitrogens with one attached hydrogen (secondary N) is 3. The Morgan fingerprint density at radius 3 is 2.95 bits per heavy atom. The summed E-state index contributed by atoms with van der Waals surface area (Å²) in [6, 6.07) is 2.16. The normalized spacial score (nSPS) is 19.5. The molecule has 1 unspecified atom stereocenters. The highest BCUT2D eigenvalue weighted by molar-refractivity contribution is 5.92. The van der Waals surface area contributed by atoms with Crippen molar-refractivity contribution in [3.8, 4) is 0 Å². The highest BCUT2D eigenvalue weighted by Crippen LogP contribution is 2.15. The number of rotatable bonds is 5. The Hall–Kier alpha value is -1.40. The fourth-order valence-corrected chi connectivity index (χ4v) is 2.43. The van der Waals surface area contributed by atoms with Crippen molar-refractivity contribution in [2.24, 2.45) is 0 Å². The highest BCUT2D eigenvalue weighted by atomic mass is 16.1. The minimum absolute atomic E-state index is 0.0697. The van der Waals surface area contributed by atoms with Crippen LogP contribution in [0.3, 0.4) is 0 Å². The highest BCUT2D eigenvalue weighted by Gasteiger charge is 2.17. The van der Waals surface area contributed by atoms with Gasteiger partial charge in [-0.3, -0.25) is 9.48 Å². The summed E-state index contributed by atoms with van der Waals surface area (Å²) in [6.07, 6.45) is 4.18. The van der Waals surface area contributed by atoms with Crippen LogP contribution in [0.25, 0.3) is 0 Å². The van der Waals surface area contributed by atoms with E-state index in [4.69, 9.17) is 0 Å². The quantitative estimate of drug-likeness (QED) is 0.706. The van der Waals surface area contributed by atoms with Gasteiger partial charge in [0.05, 0.1) is 6.04 Å². The van der Waals surface area contributed by atoms with Crippen molar-refractivity contribution in [1.82, 2.24) is 25.7 Å². The molecule has 21 heavy (non-hydrogen) atoms. The molecule has 0 spiro atoms. The van der Waals surface area contributed by atoms with Crippen molar-refractivity contribution >= 4 is 5.91 Å². The summed E-state index contributed by atoms with van der Waals surface area (Å²) >= 11 is 0. The lowest BCUT2D eigenvalue weighted by Gasteiger charge is -2.22. The Labute approximate surface area is 126 Å². The van der Waals surface area contributed by atoms with E-state index in [9.17, 15) is 4.79 Å². The van der Waals surface area contributed by atoms with Gasteiger partial charge in [0, 0.05) is 31.4 Å². The van der Waals surface area contributed by atoms with Crippen LogP contribution < -0.4 is 16.0 Å². The first kappa shape index (κ1) is 16.0. The zero-order valence-electron chi connectivity index (χ0n) is 13.3. The standard InChI is InChI=1S/C15H27N5O/c1-15(2,3)18-9-8-17-14(21)13-6-10-20(19-13)12-5-4-7-16-11-12/h6,10,12,16,18H,4-5,7-9,11H2,1-3H3,(H,17,21). The van der Waals surface area contributed by atoms with Gasteiger partial charge in [0.1, 0.15) is 5.69 Å². The van der Waals surface area contributed by atoms with E-state index in [-0.39, 0.29) is 11.4 Å². The molecule has 118 valence electrons. The smallest absolute Gasteiger partial charge is 0.271 e. The van der Waals surface area contributed by atoms with Gasteiger partial charge in [0.15, 0.2) is 0 Å². The first-order valence-electron chi connectivity index (χ1n) is 7.75. The molecule has 0 bridgehead atoms. The number of carbonyl (C=O) groups is 1. The fraction of sp³-hybridized carbons (Fsp3) is 0.733. The lowest BCUT2D eigenvalue weighted by atomic mass is 10.1. The van der Waals surface area contributed by atoms with Crippen LogP contribution in [-0.2, 0) is 0 Å². The zero-order chi connectivity index (χ0) is 15.3. The second-order valence-corrected chi connectivity index (χ2v) is 6.61. The molecule has 3 N–H and O–H groups in total. The minimum Gasteiger partial charge on any atom is -0.349 e. The number of hydrogen-bond acceptors (Lipinski definition) is 4. The average molecular weight is 293 g/mol. The number of aromatic nitrogens is 2. The van der Waals surface area contributed by atoms with Crippen molar-refractivity contribution in [3.05, 3.63) is 18.0 Å². The van der Waals surface area contributed by atoms with Gasteiger partial charge < -0.3 is 16.0 Å². The lowest BCUT2D eigenvalue weighted by molar-refractivity contribution is 0.0946. The Morgan fingerprint density at radius 2 is 2.29 bits per heavy atom. The fourth-order valence-electron chi connectivity index (χ4n) is 2.43. The number of hydrogen-bond donors (Lipinski definition) is 3. The van der Waals surface area contributed by atoms with E-state index < -0.39 is 0 Å². The van der Waals surface area contributed by atoms with Gasteiger partial charge in [-0.05, 0) is 46.2 Å². The molecule has 1 aliphatic rings. The maximum Gasteiger partial charge on any atom is 0.271 e. The van der Waals surface area contributed by atoms with E-state index in [0.29, 0.717) is 18.3 Å². The molecule has 2 heterocycles. The molecular formula is C15H27N5O. The first-order valence-corrected chi connectivity index (χ1v) is 7.75. The third-order valence-electron chi connectivity index (χ3n) is 3.55. The van der Waals surface area contributed by atoms with Gasteiger partial charge in [-0.25, -0.2) is 0 Å². The van der Waals surface area contributed by atoms with Gasteiger partial charge in [-0.15, -0.1) is 0 Å². The predicted octanol–water partition coefficient (Wildman–Crippen LogP) is 0.925. The van der Waals surface area contributed by atoms with Gasteiger partial charge in [0.25, 0.3) is 5.91 Å². The van der Waals surface area contributed by atoms with Crippen LogP contribution in [0.2, 0.25) is 0 Å². The Kier molecular flexibility index (Phi) is 5.36. The van der Waals surface area contributed by atoms with Crippen LogP contribution in [0, 0.1) is 0 Å². The molecule has 6 heteroatoms. The Bertz CT molecular complexity index is 457. The third-order valence-corrected chi connectivity index (χ3v) is 3.55. The first-order chi connectivity index (χ1) is 9.96. The van der Waals surface area contributed by atoms with Crippen molar-refractivity contribution in [2.45, 2.75) is 45.2 Å². The van der Waals surface area contributed by atoms with Gasteiger partial charge in [-0.2, -0.15) is 5.10 Å². The molecule has 1 saturated heterocycles. The molecule has 1 aromatic rings. The maximum absolute atomic E-state index is 12.0. The molecule has 0 aliphatic carbocycles. The van der Waals surface area contributed by atoms with Gasteiger partial charge in [-0.1, -0.05) is 0 Å². The monoisotopic (exact) mass is 293 g/mol. The van der Waals surface area contributed by atoms with Crippen LogP contribution in [0.4, 0.5) is 0 Å². The van der Waals surface area contributed by atoms with Gasteiger partial charge >= 0.3 is 0 Å². The van der Waals surface area contributed by atoms with E-state index in [1.807, 2.05) is 10.9 Å². The minimum atomic E-state index is -0.103. The van der Waals surface area contributed by atoms with Crippen LogP contribution in [-0.4, -0.2) is 47.4 Å².